The summed E-state index contributed by atoms with van der Waals surface area (Å²) in [5.41, 5.74) is 2.47. The number of carbonyl (C=O) groups is 2. The number of carbonyl (C=O) groups excluding carboxylic acids is 2. The van der Waals surface area contributed by atoms with Crippen LogP contribution in [0.25, 0.3) is 0 Å². The highest BCUT2D eigenvalue weighted by Gasteiger charge is 2.37. The van der Waals surface area contributed by atoms with Crippen molar-refractivity contribution in [1.29, 1.82) is 0 Å². The average Bonchev–Trinajstić information content (AvgIpc) is 2.70. The fourth-order valence-electron chi connectivity index (χ4n) is 3.16. The third-order valence-corrected chi connectivity index (χ3v) is 4.64. The van der Waals surface area contributed by atoms with Gasteiger partial charge in [0.1, 0.15) is 18.2 Å². The molecule has 1 aliphatic rings. The highest BCUT2D eigenvalue weighted by atomic mass is 19.1. The van der Waals surface area contributed by atoms with Crippen LogP contribution in [0.5, 0.6) is 5.75 Å². The Labute approximate surface area is 168 Å². The topological polar surface area (TPSA) is 67.9 Å². The van der Waals surface area contributed by atoms with Crippen molar-refractivity contribution >= 4 is 12.0 Å². The van der Waals surface area contributed by atoms with Crippen LogP contribution in [-0.4, -0.2) is 37.2 Å². The smallest absolute Gasteiger partial charge is 0.338 e. The molecule has 1 N–H and O–H groups in total. The van der Waals surface area contributed by atoms with E-state index in [-0.39, 0.29) is 25.1 Å². The molecule has 2 aromatic carbocycles. The van der Waals surface area contributed by atoms with Gasteiger partial charge in [-0.3, -0.25) is 4.90 Å². The lowest BCUT2D eigenvalue weighted by Gasteiger charge is -2.34. The van der Waals surface area contributed by atoms with E-state index in [9.17, 15) is 14.0 Å². The molecule has 0 spiro atoms. The molecule has 0 unspecified atom stereocenters. The van der Waals surface area contributed by atoms with Crippen LogP contribution < -0.4 is 10.1 Å². The zero-order valence-corrected chi connectivity index (χ0v) is 16.6. The van der Waals surface area contributed by atoms with Gasteiger partial charge in [-0.05, 0) is 43.7 Å². The van der Waals surface area contributed by atoms with Crippen molar-refractivity contribution in [3.05, 3.63) is 76.7 Å². The molecule has 3 rings (SSSR count). The normalized spacial score (nSPS) is 16.5. The van der Waals surface area contributed by atoms with Gasteiger partial charge in [0.05, 0.1) is 23.9 Å². The molecule has 1 aliphatic heterocycles. The summed E-state index contributed by atoms with van der Waals surface area (Å²) in [7, 11) is 1.56. The molecule has 6 nitrogen and oxygen atoms in total. The summed E-state index contributed by atoms with van der Waals surface area (Å²) >= 11 is 0. The second-order valence-corrected chi connectivity index (χ2v) is 6.68. The van der Waals surface area contributed by atoms with Crippen molar-refractivity contribution in [2.24, 2.45) is 0 Å². The van der Waals surface area contributed by atoms with E-state index in [4.69, 9.17) is 9.47 Å². The average molecular weight is 398 g/mol. The molecule has 0 aliphatic carbocycles. The first-order valence-corrected chi connectivity index (χ1v) is 9.30. The molecule has 0 bridgehead atoms. The van der Waals surface area contributed by atoms with Gasteiger partial charge in [0.2, 0.25) is 0 Å². The van der Waals surface area contributed by atoms with Gasteiger partial charge in [0.25, 0.3) is 0 Å². The number of likely N-dealkylation sites (N-methyl/N-ethyl adjacent to an activating group) is 1. The first-order valence-electron chi connectivity index (χ1n) is 9.30. The fourth-order valence-corrected chi connectivity index (χ4v) is 3.16. The number of halogens is 1. The number of hydrogen-bond acceptors (Lipinski definition) is 4. The van der Waals surface area contributed by atoms with Gasteiger partial charge in [-0.1, -0.05) is 29.8 Å². The summed E-state index contributed by atoms with van der Waals surface area (Å²) in [6, 6.07) is 12.1. The van der Waals surface area contributed by atoms with Gasteiger partial charge in [-0.25, -0.2) is 14.0 Å². The summed E-state index contributed by atoms with van der Waals surface area (Å²) in [6.45, 7) is 3.81. The second-order valence-electron chi connectivity index (χ2n) is 6.68. The Kier molecular flexibility index (Phi) is 6.16. The molecule has 0 radical (unpaired) electrons. The summed E-state index contributed by atoms with van der Waals surface area (Å²) in [4.78, 5) is 26.7. The number of benzene rings is 2. The van der Waals surface area contributed by atoms with Gasteiger partial charge in [-0.15, -0.1) is 0 Å². The van der Waals surface area contributed by atoms with Crippen LogP contribution in [0.15, 0.2) is 59.8 Å². The predicted molar refractivity (Wildman–Crippen MR) is 106 cm³/mol. The molecule has 0 saturated heterocycles. The van der Waals surface area contributed by atoms with Gasteiger partial charge < -0.3 is 14.8 Å². The lowest BCUT2D eigenvalue weighted by Crippen LogP contribution is -2.48. The van der Waals surface area contributed by atoms with Crippen LogP contribution in [0.4, 0.5) is 9.18 Å². The third kappa shape index (κ3) is 4.56. The summed E-state index contributed by atoms with van der Waals surface area (Å²) in [5, 5.41) is 2.86. The largest absolute Gasteiger partial charge is 0.487 e. The molecule has 1 heterocycles. The SMILES string of the molecule is CCOC(=O)C1=C(COc2ccc(F)cc2)N(C)C(=O)N[C@H]1c1cccc(C)c1. The Morgan fingerprint density at radius 1 is 1.21 bits per heavy atom. The second kappa shape index (κ2) is 8.77. The molecule has 2 amide bonds. The Bertz CT molecular complexity index is 940. The molecule has 0 fully saturated rings. The summed E-state index contributed by atoms with van der Waals surface area (Å²) in [6.07, 6.45) is 0. The Morgan fingerprint density at radius 3 is 2.59 bits per heavy atom. The maximum atomic E-state index is 13.1. The van der Waals surface area contributed by atoms with Gasteiger partial charge >= 0.3 is 12.0 Å². The molecular formula is C22H23FN2O4. The number of hydrogen-bond donors (Lipinski definition) is 1. The number of esters is 1. The number of rotatable bonds is 6. The molecule has 0 saturated carbocycles. The fraction of sp³-hybridized carbons (Fsp3) is 0.273. The van der Waals surface area contributed by atoms with Crippen molar-refractivity contribution in [2.75, 3.05) is 20.3 Å². The highest BCUT2D eigenvalue weighted by molar-refractivity contribution is 5.95. The molecule has 152 valence electrons. The highest BCUT2D eigenvalue weighted by Crippen LogP contribution is 2.31. The first-order chi connectivity index (χ1) is 13.9. The van der Waals surface area contributed by atoms with Gasteiger partial charge in [0.15, 0.2) is 0 Å². The van der Waals surface area contributed by atoms with Crippen LogP contribution in [0.2, 0.25) is 0 Å². The van der Waals surface area contributed by atoms with E-state index in [1.165, 1.54) is 29.2 Å². The van der Waals surface area contributed by atoms with Crippen LogP contribution in [0, 0.1) is 12.7 Å². The van der Waals surface area contributed by atoms with E-state index >= 15 is 0 Å². The zero-order chi connectivity index (χ0) is 21.0. The minimum absolute atomic E-state index is 0.0496. The van der Waals surface area contributed by atoms with Crippen molar-refractivity contribution < 1.29 is 23.5 Å². The number of aryl methyl sites for hydroxylation is 1. The molecular weight excluding hydrogens is 375 g/mol. The first kappa shape index (κ1) is 20.4. The van der Waals surface area contributed by atoms with Gasteiger partial charge in [-0.2, -0.15) is 0 Å². The number of nitrogens with zero attached hydrogens (tertiary/aromatic N) is 1. The lowest BCUT2D eigenvalue weighted by molar-refractivity contribution is -0.139. The van der Waals surface area contributed by atoms with Crippen LogP contribution >= 0.6 is 0 Å². The quantitative estimate of drug-likeness (QED) is 0.753. The van der Waals surface area contributed by atoms with E-state index in [0.29, 0.717) is 17.0 Å². The van der Waals surface area contributed by atoms with E-state index in [0.717, 1.165) is 11.1 Å². The van der Waals surface area contributed by atoms with Crippen molar-refractivity contribution in [2.45, 2.75) is 19.9 Å². The monoisotopic (exact) mass is 398 g/mol. The summed E-state index contributed by atoms with van der Waals surface area (Å²) in [5.74, 6) is -0.477. The minimum Gasteiger partial charge on any atom is -0.487 e. The maximum absolute atomic E-state index is 13.1. The lowest BCUT2D eigenvalue weighted by atomic mass is 9.94. The van der Waals surface area contributed by atoms with Crippen LogP contribution in [0.3, 0.4) is 0 Å². The molecule has 29 heavy (non-hydrogen) atoms. The molecule has 2 aromatic rings. The van der Waals surface area contributed by atoms with E-state index < -0.39 is 12.0 Å². The standard InChI is InChI=1S/C22H23FN2O4/c1-4-28-21(26)19-18(13-29-17-10-8-16(23)9-11-17)25(3)22(27)24-20(19)15-7-5-6-14(2)12-15/h5-12,20H,4,13H2,1-3H3,(H,24,27)/t20-/m0/s1. The minimum atomic E-state index is -0.663. The number of urea groups is 1. The van der Waals surface area contributed by atoms with Crippen LogP contribution in [-0.2, 0) is 9.53 Å². The van der Waals surface area contributed by atoms with E-state index in [2.05, 4.69) is 5.32 Å². The zero-order valence-electron chi connectivity index (χ0n) is 16.6. The molecule has 1 atom stereocenters. The number of nitrogens with one attached hydrogen (secondary N) is 1. The summed E-state index contributed by atoms with van der Waals surface area (Å²) < 4.78 is 24.1. The number of amides is 2. The van der Waals surface area contributed by atoms with Crippen molar-refractivity contribution in [3.63, 3.8) is 0 Å². The Balaban J connectivity index is 2.02. The predicted octanol–water partition coefficient (Wildman–Crippen LogP) is 3.73. The van der Waals surface area contributed by atoms with E-state index in [1.807, 2.05) is 31.2 Å². The van der Waals surface area contributed by atoms with E-state index in [1.54, 1.807) is 14.0 Å². The van der Waals surface area contributed by atoms with Crippen LogP contribution in [0.1, 0.15) is 24.1 Å². The molecule has 0 aromatic heterocycles. The van der Waals surface area contributed by atoms with Crippen molar-refractivity contribution in [3.8, 4) is 5.75 Å². The van der Waals surface area contributed by atoms with Gasteiger partial charge in [0, 0.05) is 7.05 Å². The van der Waals surface area contributed by atoms with Crippen molar-refractivity contribution in [1.82, 2.24) is 10.2 Å². The maximum Gasteiger partial charge on any atom is 0.338 e. The Hall–Kier alpha value is -3.35. The number of ether oxygens (including phenoxy) is 2. The third-order valence-electron chi connectivity index (χ3n) is 4.64. The molecule has 7 heteroatoms. The Morgan fingerprint density at radius 2 is 1.93 bits per heavy atom.